The van der Waals surface area contributed by atoms with E-state index in [1.807, 2.05) is 44.2 Å². The van der Waals surface area contributed by atoms with Gasteiger partial charge >= 0.3 is 6.09 Å². The first-order valence-electron chi connectivity index (χ1n) is 12.1. The highest BCUT2D eigenvalue weighted by Gasteiger charge is 2.31. The number of hydrogen-bond acceptors (Lipinski definition) is 6. The fourth-order valence-electron chi connectivity index (χ4n) is 4.43. The summed E-state index contributed by atoms with van der Waals surface area (Å²) in [5, 5.41) is 1.31. The van der Waals surface area contributed by atoms with Gasteiger partial charge in [-0.15, -0.1) is 0 Å². The van der Waals surface area contributed by atoms with Crippen LogP contribution < -0.4 is 10.5 Å². The summed E-state index contributed by atoms with van der Waals surface area (Å²) in [6.45, 7) is 5.90. The highest BCUT2D eigenvalue weighted by molar-refractivity contribution is 6.35. The Labute approximate surface area is 215 Å². The fourth-order valence-corrected chi connectivity index (χ4v) is 4.70. The number of methoxy groups -OCH3 is 1. The van der Waals surface area contributed by atoms with Gasteiger partial charge in [-0.05, 0) is 49.7 Å². The number of nitrogens with zero attached hydrogens (tertiary/aromatic N) is 3. The zero-order valence-electron chi connectivity index (χ0n) is 20.8. The van der Waals surface area contributed by atoms with E-state index < -0.39 is 0 Å². The Morgan fingerprint density at radius 1 is 1.17 bits per heavy atom. The maximum Gasteiger partial charge on any atom is 0.410 e. The van der Waals surface area contributed by atoms with Gasteiger partial charge in [0.2, 0.25) is 0 Å². The molecule has 1 fully saturated rings. The smallest absolute Gasteiger partial charge is 0.410 e. The summed E-state index contributed by atoms with van der Waals surface area (Å²) in [4.78, 5) is 33.9. The van der Waals surface area contributed by atoms with Crippen molar-refractivity contribution in [1.82, 2.24) is 14.8 Å². The molecule has 0 aliphatic carbocycles. The molecule has 9 heteroatoms. The maximum absolute atomic E-state index is 13.3. The molecule has 4 rings (SSSR count). The first kappa shape index (κ1) is 25.7. The summed E-state index contributed by atoms with van der Waals surface area (Å²) < 4.78 is 10.6. The van der Waals surface area contributed by atoms with Crippen molar-refractivity contribution in [3.05, 3.63) is 58.6 Å². The largest absolute Gasteiger partial charge is 0.496 e. The average molecular weight is 511 g/mol. The minimum absolute atomic E-state index is 0.108. The SMILES string of the molecule is CCCOC(=O)N1CCN(C(=O)c2ccc3c(Cl)cc(-c4ccc(OC)c(CN)c4)nc3c2)CC1C. The van der Waals surface area contributed by atoms with Gasteiger partial charge in [-0.25, -0.2) is 9.78 Å². The van der Waals surface area contributed by atoms with Crippen LogP contribution in [0.2, 0.25) is 5.02 Å². The molecule has 0 saturated carbocycles. The van der Waals surface area contributed by atoms with E-state index >= 15 is 0 Å². The molecule has 2 heterocycles. The third-order valence-electron chi connectivity index (χ3n) is 6.38. The number of rotatable bonds is 6. The lowest BCUT2D eigenvalue weighted by Gasteiger charge is -2.39. The number of nitrogens with two attached hydrogens (primary N) is 1. The molecular weight excluding hydrogens is 480 g/mol. The Morgan fingerprint density at radius 3 is 2.67 bits per heavy atom. The van der Waals surface area contributed by atoms with Crippen LogP contribution in [0.15, 0.2) is 42.5 Å². The Hall–Kier alpha value is -3.36. The monoisotopic (exact) mass is 510 g/mol. The minimum atomic E-state index is -0.329. The third-order valence-corrected chi connectivity index (χ3v) is 6.69. The van der Waals surface area contributed by atoms with Gasteiger partial charge in [0.05, 0.1) is 29.9 Å². The van der Waals surface area contributed by atoms with Gasteiger partial charge in [-0.1, -0.05) is 24.6 Å². The maximum atomic E-state index is 13.3. The number of piperazine rings is 1. The zero-order valence-corrected chi connectivity index (χ0v) is 21.5. The van der Waals surface area contributed by atoms with Crippen molar-refractivity contribution in [2.24, 2.45) is 5.73 Å². The second kappa shape index (κ2) is 11.1. The van der Waals surface area contributed by atoms with Crippen LogP contribution in [0.25, 0.3) is 22.2 Å². The van der Waals surface area contributed by atoms with Crippen LogP contribution in [-0.2, 0) is 11.3 Å². The molecule has 0 radical (unpaired) electrons. The number of halogens is 1. The van der Waals surface area contributed by atoms with Crippen LogP contribution in [0, 0.1) is 0 Å². The van der Waals surface area contributed by atoms with Gasteiger partial charge in [0.15, 0.2) is 0 Å². The standard InChI is InChI=1S/C27H31ClN4O4/c1-4-11-36-27(34)32-10-9-31(16-17(32)2)26(33)19-5-7-21-22(28)14-23(30-24(21)13-19)18-6-8-25(35-3)20(12-18)15-29/h5-8,12-14,17H,4,9-11,15-16,29H2,1-3H3. The Kier molecular flexibility index (Phi) is 7.96. The summed E-state index contributed by atoms with van der Waals surface area (Å²) in [7, 11) is 1.61. The highest BCUT2D eigenvalue weighted by Crippen LogP contribution is 2.31. The number of fused-ring (bicyclic) bond motifs is 1. The molecule has 1 aliphatic heterocycles. The van der Waals surface area contributed by atoms with Gasteiger partial charge in [0, 0.05) is 54.3 Å². The Bertz CT molecular complexity index is 1280. The predicted molar refractivity (Wildman–Crippen MR) is 140 cm³/mol. The highest BCUT2D eigenvalue weighted by atomic mass is 35.5. The summed E-state index contributed by atoms with van der Waals surface area (Å²) in [5.41, 5.74) is 9.43. The van der Waals surface area contributed by atoms with E-state index in [0.29, 0.717) is 60.3 Å². The quantitative estimate of drug-likeness (QED) is 0.515. The second-order valence-electron chi connectivity index (χ2n) is 8.86. The van der Waals surface area contributed by atoms with Crippen molar-refractivity contribution in [3.63, 3.8) is 0 Å². The average Bonchev–Trinajstić information content (AvgIpc) is 2.90. The summed E-state index contributed by atoms with van der Waals surface area (Å²) in [5.74, 6) is 0.609. The molecule has 1 aliphatic rings. The van der Waals surface area contributed by atoms with Crippen molar-refractivity contribution in [3.8, 4) is 17.0 Å². The molecule has 2 aromatic carbocycles. The summed E-state index contributed by atoms with van der Waals surface area (Å²) >= 11 is 6.59. The lowest BCUT2D eigenvalue weighted by molar-refractivity contribution is 0.0412. The molecule has 2 N–H and O–H groups in total. The predicted octanol–water partition coefficient (Wildman–Crippen LogP) is 4.72. The molecule has 0 spiro atoms. The molecule has 1 atom stereocenters. The second-order valence-corrected chi connectivity index (χ2v) is 9.27. The van der Waals surface area contributed by atoms with Gasteiger partial charge < -0.3 is 25.0 Å². The van der Waals surface area contributed by atoms with Crippen LogP contribution in [0.3, 0.4) is 0 Å². The zero-order chi connectivity index (χ0) is 25.8. The molecular formula is C27H31ClN4O4. The van der Waals surface area contributed by atoms with E-state index in [1.165, 1.54) is 0 Å². The molecule has 3 aromatic rings. The summed E-state index contributed by atoms with van der Waals surface area (Å²) in [6.07, 6.45) is 0.442. The first-order chi connectivity index (χ1) is 17.4. The van der Waals surface area contributed by atoms with Crippen molar-refractivity contribution in [2.45, 2.75) is 32.9 Å². The Morgan fingerprint density at radius 2 is 1.97 bits per heavy atom. The van der Waals surface area contributed by atoms with Crippen LogP contribution in [0.1, 0.15) is 36.2 Å². The molecule has 0 bridgehead atoms. The van der Waals surface area contributed by atoms with E-state index in [1.54, 1.807) is 29.0 Å². The van der Waals surface area contributed by atoms with E-state index in [-0.39, 0.29) is 18.0 Å². The number of benzene rings is 2. The van der Waals surface area contributed by atoms with Crippen LogP contribution >= 0.6 is 11.6 Å². The number of pyridine rings is 1. The number of aromatic nitrogens is 1. The van der Waals surface area contributed by atoms with Gasteiger partial charge in [-0.3, -0.25) is 4.79 Å². The molecule has 1 unspecified atom stereocenters. The molecule has 1 aromatic heterocycles. The third kappa shape index (κ3) is 5.24. The Balaban J connectivity index is 1.58. The van der Waals surface area contributed by atoms with E-state index in [4.69, 9.17) is 31.8 Å². The van der Waals surface area contributed by atoms with E-state index in [0.717, 1.165) is 22.9 Å². The van der Waals surface area contributed by atoms with E-state index in [9.17, 15) is 9.59 Å². The molecule has 190 valence electrons. The number of carbonyl (C=O) groups excluding carboxylic acids is 2. The van der Waals surface area contributed by atoms with E-state index in [2.05, 4.69) is 0 Å². The lowest BCUT2D eigenvalue weighted by atomic mass is 10.0. The molecule has 8 nitrogen and oxygen atoms in total. The van der Waals surface area contributed by atoms with Gasteiger partial charge in [0.1, 0.15) is 5.75 Å². The van der Waals surface area contributed by atoms with Gasteiger partial charge in [0.25, 0.3) is 5.91 Å². The van der Waals surface area contributed by atoms with Crippen LogP contribution in [0.4, 0.5) is 4.79 Å². The first-order valence-corrected chi connectivity index (χ1v) is 12.4. The number of ether oxygens (including phenoxy) is 2. The molecule has 2 amide bonds. The lowest BCUT2D eigenvalue weighted by Crippen LogP contribution is -2.55. The number of amides is 2. The molecule has 36 heavy (non-hydrogen) atoms. The van der Waals surface area contributed by atoms with Crippen molar-refractivity contribution >= 4 is 34.5 Å². The fraction of sp³-hybridized carbons (Fsp3) is 0.370. The minimum Gasteiger partial charge on any atom is -0.496 e. The topological polar surface area (TPSA) is 98.0 Å². The van der Waals surface area contributed by atoms with Crippen molar-refractivity contribution < 1.29 is 19.1 Å². The molecule has 1 saturated heterocycles. The van der Waals surface area contributed by atoms with Crippen molar-refractivity contribution in [1.29, 1.82) is 0 Å². The van der Waals surface area contributed by atoms with Crippen LogP contribution in [0.5, 0.6) is 5.75 Å². The number of hydrogen-bond donors (Lipinski definition) is 1. The van der Waals surface area contributed by atoms with Crippen molar-refractivity contribution in [2.75, 3.05) is 33.4 Å². The number of carbonyl (C=O) groups is 2. The van der Waals surface area contributed by atoms with Gasteiger partial charge in [-0.2, -0.15) is 0 Å². The van der Waals surface area contributed by atoms with Crippen LogP contribution in [-0.4, -0.2) is 66.2 Å². The summed E-state index contributed by atoms with van der Waals surface area (Å²) in [6, 6.07) is 12.7. The normalized spacial score (nSPS) is 15.8.